The topological polar surface area (TPSA) is 96.8 Å². The Bertz CT molecular complexity index is 1130. The summed E-state index contributed by atoms with van der Waals surface area (Å²) in [5.41, 5.74) is 1.22. The van der Waals surface area contributed by atoms with Crippen LogP contribution in [0.5, 0.6) is 0 Å². The number of halogens is 1. The summed E-state index contributed by atoms with van der Waals surface area (Å²) in [7, 11) is 0. The zero-order valence-electron chi connectivity index (χ0n) is 16.0. The Balaban J connectivity index is 1.60. The smallest absolute Gasteiger partial charge is 0.281 e. The van der Waals surface area contributed by atoms with Gasteiger partial charge in [0.2, 0.25) is 5.91 Å². The Hall–Kier alpha value is -3.00. The van der Waals surface area contributed by atoms with Crippen molar-refractivity contribution in [3.05, 3.63) is 63.2 Å². The standard InChI is InChI=1S/C20H21ClN6O2/c1-2-5-16(28)26-10-8-13(9-11-26)18-22-19-17(20(29)23-18)24-25-27(19)12-14-6-3-4-7-15(14)21/h2-7,13H,8-12H2,1H3,(H,22,23,29)/b5-2+. The van der Waals surface area contributed by atoms with E-state index in [2.05, 4.69) is 20.3 Å². The largest absolute Gasteiger partial charge is 0.339 e. The molecule has 1 saturated heterocycles. The molecule has 2 aromatic heterocycles. The van der Waals surface area contributed by atoms with Crippen LogP contribution in [0.2, 0.25) is 5.02 Å². The maximum Gasteiger partial charge on any atom is 0.281 e. The maximum absolute atomic E-state index is 12.5. The van der Waals surface area contributed by atoms with Crippen molar-refractivity contribution in [1.29, 1.82) is 0 Å². The molecular formula is C20H21ClN6O2. The molecule has 0 unspecified atom stereocenters. The maximum atomic E-state index is 12.5. The average molecular weight is 413 g/mol. The van der Waals surface area contributed by atoms with Gasteiger partial charge in [0.25, 0.3) is 5.56 Å². The first-order valence-corrected chi connectivity index (χ1v) is 9.93. The number of hydrogen-bond donors (Lipinski definition) is 1. The SMILES string of the molecule is C/C=C/C(=O)N1CCC(c2nc3c(nnn3Cc3ccccc3Cl)c(=O)[nH]2)CC1. The molecule has 3 aromatic rings. The van der Waals surface area contributed by atoms with E-state index in [4.69, 9.17) is 11.6 Å². The van der Waals surface area contributed by atoms with Crippen LogP contribution in [0.1, 0.15) is 37.1 Å². The van der Waals surface area contributed by atoms with Crippen molar-refractivity contribution in [2.75, 3.05) is 13.1 Å². The molecule has 4 rings (SSSR count). The van der Waals surface area contributed by atoms with E-state index in [0.29, 0.717) is 36.1 Å². The van der Waals surface area contributed by atoms with Gasteiger partial charge in [-0.3, -0.25) is 9.59 Å². The molecule has 1 fully saturated rings. The minimum absolute atomic E-state index is 0.0184. The highest BCUT2D eigenvalue weighted by Gasteiger charge is 2.25. The molecule has 0 radical (unpaired) electrons. The third kappa shape index (κ3) is 3.93. The van der Waals surface area contributed by atoms with Crippen molar-refractivity contribution in [3.8, 4) is 0 Å². The highest BCUT2D eigenvalue weighted by atomic mass is 35.5. The summed E-state index contributed by atoms with van der Waals surface area (Å²) in [5, 5.41) is 8.71. The predicted octanol–water partition coefficient (Wildman–Crippen LogP) is 2.50. The van der Waals surface area contributed by atoms with E-state index in [0.717, 1.165) is 18.4 Å². The van der Waals surface area contributed by atoms with Crippen LogP contribution in [0.3, 0.4) is 0 Å². The lowest BCUT2D eigenvalue weighted by Crippen LogP contribution is -2.37. The number of hydrogen-bond acceptors (Lipinski definition) is 5. The van der Waals surface area contributed by atoms with Gasteiger partial charge in [0.1, 0.15) is 5.82 Å². The van der Waals surface area contributed by atoms with E-state index in [1.54, 1.807) is 16.8 Å². The number of rotatable bonds is 4. The molecule has 9 heteroatoms. The Labute approximate surface area is 172 Å². The fraction of sp³-hybridized carbons (Fsp3) is 0.350. The van der Waals surface area contributed by atoms with E-state index < -0.39 is 0 Å². The summed E-state index contributed by atoms with van der Waals surface area (Å²) in [6.07, 6.45) is 4.80. The minimum atomic E-state index is -0.303. The number of piperidine rings is 1. The lowest BCUT2D eigenvalue weighted by Gasteiger charge is -2.30. The fourth-order valence-electron chi connectivity index (χ4n) is 3.59. The van der Waals surface area contributed by atoms with Crippen LogP contribution in [-0.4, -0.2) is 48.9 Å². The number of aromatic amines is 1. The average Bonchev–Trinajstić information content (AvgIpc) is 3.13. The number of carbonyl (C=O) groups excluding carboxylic acids is 1. The number of aromatic nitrogens is 5. The van der Waals surface area contributed by atoms with E-state index in [9.17, 15) is 9.59 Å². The van der Waals surface area contributed by atoms with Crippen LogP contribution < -0.4 is 5.56 Å². The number of nitrogens with zero attached hydrogens (tertiary/aromatic N) is 5. The van der Waals surface area contributed by atoms with Crippen molar-refractivity contribution in [2.45, 2.75) is 32.2 Å². The second kappa shape index (κ2) is 8.16. The summed E-state index contributed by atoms with van der Waals surface area (Å²) >= 11 is 6.25. The van der Waals surface area contributed by atoms with Gasteiger partial charge in [-0.25, -0.2) is 9.67 Å². The summed E-state index contributed by atoms with van der Waals surface area (Å²) < 4.78 is 1.60. The number of allylic oxidation sites excluding steroid dienone is 1. The predicted molar refractivity (Wildman–Crippen MR) is 110 cm³/mol. The molecule has 0 saturated carbocycles. The van der Waals surface area contributed by atoms with Crippen molar-refractivity contribution in [2.24, 2.45) is 0 Å². The number of H-pyrrole nitrogens is 1. The van der Waals surface area contributed by atoms with Crippen molar-refractivity contribution in [3.63, 3.8) is 0 Å². The molecule has 8 nitrogen and oxygen atoms in total. The molecule has 1 aliphatic rings. The first kappa shape index (κ1) is 19.3. The third-order valence-corrected chi connectivity index (χ3v) is 5.54. The monoisotopic (exact) mass is 412 g/mol. The number of nitrogens with one attached hydrogen (secondary N) is 1. The van der Waals surface area contributed by atoms with Gasteiger partial charge in [0, 0.05) is 24.0 Å². The van der Waals surface area contributed by atoms with Crippen molar-refractivity contribution >= 4 is 28.7 Å². The van der Waals surface area contributed by atoms with Crippen LogP contribution in [0, 0.1) is 0 Å². The van der Waals surface area contributed by atoms with Crippen LogP contribution in [0.4, 0.5) is 0 Å². The Morgan fingerprint density at radius 3 is 2.79 bits per heavy atom. The summed E-state index contributed by atoms with van der Waals surface area (Å²) in [6, 6.07) is 7.47. The molecule has 1 aliphatic heterocycles. The molecular weight excluding hydrogens is 392 g/mol. The van der Waals surface area contributed by atoms with E-state index in [1.165, 1.54) is 0 Å². The molecule has 29 heavy (non-hydrogen) atoms. The van der Waals surface area contributed by atoms with Gasteiger partial charge < -0.3 is 9.88 Å². The van der Waals surface area contributed by atoms with Gasteiger partial charge in [0.15, 0.2) is 11.2 Å². The van der Waals surface area contributed by atoms with E-state index in [1.807, 2.05) is 36.1 Å². The number of amides is 1. The van der Waals surface area contributed by atoms with Gasteiger partial charge in [0.05, 0.1) is 6.54 Å². The first-order chi connectivity index (χ1) is 14.1. The lowest BCUT2D eigenvalue weighted by atomic mass is 9.96. The molecule has 1 amide bonds. The molecule has 150 valence electrons. The van der Waals surface area contributed by atoms with Crippen LogP contribution >= 0.6 is 11.6 Å². The van der Waals surface area contributed by atoms with Crippen LogP contribution in [-0.2, 0) is 11.3 Å². The van der Waals surface area contributed by atoms with Gasteiger partial charge in [-0.2, -0.15) is 0 Å². The van der Waals surface area contributed by atoms with Crippen molar-refractivity contribution < 1.29 is 4.79 Å². The van der Waals surface area contributed by atoms with E-state index >= 15 is 0 Å². The molecule has 1 aromatic carbocycles. The second-order valence-electron chi connectivity index (χ2n) is 7.06. The van der Waals surface area contributed by atoms with Crippen LogP contribution in [0.15, 0.2) is 41.2 Å². The van der Waals surface area contributed by atoms with Gasteiger partial charge in [-0.1, -0.05) is 41.1 Å². The second-order valence-corrected chi connectivity index (χ2v) is 7.47. The summed E-state index contributed by atoms with van der Waals surface area (Å²) in [6.45, 7) is 3.47. The molecule has 0 spiro atoms. The zero-order valence-corrected chi connectivity index (χ0v) is 16.8. The van der Waals surface area contributed by atoms with Gasteiger partial charge in [-0.15, -0.1) is 5.10 Å². The number of carbonyl (C=O) groups is 1. The van der Waals surface area contributed by atoms with Crippen molar-refractivity contribution in [1.82, 2.24) is 29.9 Å². The molecule has 0 aliphatic carbocycles. The minimum Gasteiger partial charge on any atom is -0.339 e. The number of likely N-dealkylation sites (tertiary alicyclic amines) is 1. The Morgan fingerprint density at radius 1 is 1.31 bits per heavy atom. The zero-order chi connectivity index (χ0) is 20.4. The normalized spacial score (nSPS) is 15.4. The van der Waals surface area contributed by atoms with Gasteiger partial charge >= 0.3 is 0 Å². The quantitative estimate of drug-likeness (QED) is 0.664. The molecule has 0 atom stereocenters. The summed E-state index contributed by atoms with van der Waals surface area (Å²) in [5.74, 6) is 0.707. The lowest BCUT2D eigenvalue weighted by molar-refractivity contribution is -0.127. The fourth-order valence-corrected chi connectivity index (χ4v) is 3.79. The highest BCUT2D eigenvalue weighted by Crippen LogP contribution is 2.26. The molecule has 1 N–H and O–H groups in total. The van der Waals surface area contributed by atoms with E-state index in [-0.39, 0.29) is 22.9 Å². The third-order valence-electron chi connectivity index (χ3n) is 5.17. The Kier molecular flexibility index (Phi) is 5.44. The highest BCUT2D eigenvalue weighted by molar-refractivity contribution is 6.31. The first-order valence-electron chi connectivity index (χ1n) is 9.55. The molecule has 0 bridgehead atoms. The van der Waals surface area contributed by atoms with Gasteiger partial charge in [-0.05, 0) is 37.5 Å². The van der Waals surface area contributed by atoms with Crippen LogP contribution in [0.25, 0.3) is 11.2 Å². The summed E-state index contributed by atoms with van der Waals surface area (Å²) in [4.78, 5) is 33.9. The number of benzene rings is 1. The number of fused-ring (bicyclic) bond motifs is 1. The molecule has 3 heterocycles. The Morgan fingerprint density at radius 2 is 2.07 bits per heavy atom.